The third-order valence-electron chi connectivity index (χ3n) is 24.3. The van der Waals surface area contributed by atoms with E-state index in [0.29, 0.717) is 43.8 Å². The Bertz CT molecular complexity index is 5650. The number of nitrogens with two attached hydrogens (primary N) is 1. The lowest BCUT2D eigenvalue weighted by atomic mass is 9.76. The maximum Gasteiger partial charge on any atom is 0.280 e. The second-order valence-electron chi connectivity index (χ2n) is 35.9. The van der Waals surface area contributed by atoms with E-state index in [9.17, 15) is 33.9 Å². The van der Waals surface area contributed by atoms with Gasteiger partial charge in [0, 0.05) is 55.1 Å². The van der Waals surface area contributed by atoms with Crippen LogP contribution in [-0.4, -0.2) is 154 Å². The quantitative estimate of drug-likeness (QED) is 0.0178. The first-order valence-corrected chi connectivity index (χ1v) is 48.1. The van der Waals surface area contributed by atoms with Gasteiger partial charge in [-0.2, -0.15) is 15.0 Å². The highest BCUT2D eigenvalue weighted by Crippen LogP contribution is 2.45. The fourth-order valence-electron chi connectivity index (χ4n) is 15.1. The number of rotatable bonds is 26. The van der Waals surface area contributed by atoms with Crippen molar-refractivity contribution >= 4 is 85.7 Å². The van der Waals surface area contributed by atoms with E-state index in [4.69, 9.17) is 28.8 Å². The van der Waals surface area contributed by atoms with Crippen molar-refractivity contribution < 1.29 is 42.6 Å². The van der Waals surface area contributed by atoms with Gasteiger partial charge in [-0.3, -0.25) is 84.0 Å². The number of amides is 3. The van der Waals surface area contributed by atoms with Gasteiger partial charge in [-0.15, -0.1) is 0 Å². The number of ether oxygens (including phenoxy) is 3. The molecule has 6 aromatic heterocycles. The number of H-pyrrole nitrogens is 3. The Morgan fingerprint density at radius 2 is 0.694 bits per heavy atom. The van der Waals surface area contributed by atoms with Crippen LogP contribution in [0.2, 0.25) is 36.3 Å². The lowest BCUT2D eigenvalue weighted by molar-refractivity contribution is -0.119. The molecule has 0 bridgehead atoms. The van der Waals surface area contributed by atoms with Crippen LogP contribution in [0.15, 0.2) is 215 Å². The Labute approximate surface area is 723 Å². The summed E-state index contributed by atoms with van der Waals surface area (Å²) < 4.78 is 37.8. The molecule has 12 aromatic rings. The average Bonchev–Trinajstić information content (AvgIpc) is 1.14. The Balaban J connectivity index is 0.000000164. The molecule has 11 N–H and O–H groups in total. The number of nitrogens with zero attached hydrogens (tertiary/aromatic N) is 9. The van der Waals surface area contributed by atoms with Gasteiger partial charge in [-0.1, -0.05) is 265 Å². The summed E-state index contributed by atoms with van der Waals surface area (Å²) in [4.78, 5) is 109. The number of aliphatic hydroxyl groups excluding tert-OH is 1. The van der Waals surface area contributed by atoms with E-state index in [1.54, 1.807) is 61.6 Å². The van der Waals surface area contributed by atoms with Crippen LogP contribution < -0.4 is 49.0 Å². The zero-order valence-electron chi connectivity index (χ0n) is 73.3. The number of fused-ring (bicyclic) bond motifs is 3. The van der Waals surface area contributed by atoms with Crippen molar-refractivity contribution in [2.24, 2.45) is 23.5 Å². The smallest absolute Gasteiger partial charge is 0.280 e. The summed E-state index contributed by atoms with van der Waals surface area (Å²) in [6.45, 7) is 33.3. The van der Waals surface area contributed by atoms with Crippen molar-refractivity contribution in [2.45, 2.75) is 205 Å². The van der Waals surface area contributed by atoms with Crippen LogP contribution in [0.4, 0.5) is 17.8 Å². The summed E-state index contributed by atoms with van der Waals surface area (Å²) >= 11 is 0. The molecule has 15 rings (SSSR count). The molecule has 9 unspecified atom stereocenters. The van der Waals surface area contributed by atoms with Crippen molar-refractivity contribution in [1.82, 2.24) is 69.2 Å². The molecule has 0 saturated carbocycles. The molecule has 3 aliphatic heterocycles. The van der Waals surface area contributed by atoms with Crippen molar-refractivity contribution in [3.8, 4) is 0 Å². The number of aromatic amines is 3. The Hall–Kier alpha value is -11.1. The molecular weight excluding hydrogens is 1610 g/mol. The zero-order valence-corrected chi connectivity index (χ0v) is 75.3. The van der Waals surface area contributed by atoms with Crippen molar-refractivity contribution in [3.63, 3.8) is 0 Å². The molecule has 3 aliphatic rings. The van der Waals surface area contributed by atoms with Gasteiger partial charge in [0.25, 0.3) is 16.7 Å². The second kappa shape index (κ2) is 37.7. The van der Waals surface area contributed by atoms with Crippen LogP contribution in [0.3, 0.4) is 0 Å². The highest BCUT2D eigenvalue weighted by atomic mass is 28.4. The number of imidazole rings is 3. The molecule has 0 aliphatic carbocycles. The first-order chi connectivity index (χ1) is 59.0. The molecule has 654 valence electrons. The van der Waals surface area contributed by atoms with Gasteiger partial charge >= 0.3 is 0 Å². The molecular formula is C92H116N18O12Si2. The van der Waals surface area contributed by atoms with Crippen LogP contribution in [0.25, 0.3) is 33.5 Å². The maximum absolute atomic E-state index is 13.1. The Morgan fingerprint density at radius 1 is 0.435 bits per heavy atom. The minimum Gasteiger partial charge on any atom is -0.414 e. The van der Waals surface area contributed by atoms with E-state index < -0.39 is 69.2 Å². The van der Waals surface area contributed by atoms with E-state index in [1.807, 2.05) is 72.8 Å². The number of benzene rings is 6. The number of nitrogens with one attached hydrogen (secondary N) is 8. The van der Waals surface area contributed by atoms with Gasteiger partial charge in [0.15, 0.2) is 50.1 Å². The summed E-state index contributed by atoms with van der Waals surface area (Å²) in [5, 5.41) is 26.7. The monoisotopic (exact) mass is 1720 g/mol. The number of carbonyl (C=O) groups is 3. The molecule has 30 nitrogen and oxygen atoms in total. The minimum absolute atomic E-state index is 0.0120. The van der Waals surface area contributed by atoms with E-state index in [1.165, 1.54) is 12.7 Å². The first kappa shape index (κ1) is 90.6. The Morgan fingerprint density at radius 3 is 0.968 bits per heavy atom. The van der Waals surface area contributed by atoms with E-state index in [0.717, 1.165) is 33.4 Å². The number of hydrogen-bond acceptors (Lipinski definition) is 21. The highest BCUT2D eigenvalue weighted by molar-refractivity contribution is 6.74. The molecule has 9 atom stereocenters. The molecule has 3 saturated heterocycles. The molecule has 3 fully saturated rings. The molecule has 3 amide bonds. The highest BCUT2D eigenvalue weighted by Gasteiger charge is 2.49. The van der Waals surface area contributed by atoms with Crippen LogP contribution in [-0.2, 0) is 48.5 Å². The molecule has 32 heteroatoms. The standard InChI is InChI=1S/C39H48N6O4Si.C33H34N6O4.C20H34N6O4Si/c1-26(2)35(46)42-37-41-34-33(36(47)43-37)40-25-45(34)32-23-30(31(49-32)24-48-50(6,7)38(3,4)5)44-39(27-17-11-8-12-18-27,28-19-13-9-14-20-28)29-21-15-10-16-22-29;1-21(2)30(41)36-32-35-29-28(31(42)37-32)34-20-39(29)27-18-25(26(19-40)43-27)38-33(22-12-6-3-7-13-22,23-14-8-4-9-15-23)24-16-10-5-11-17-24;1-11(2)17(27)24-19-23-16-15(18(28)25-19)22-10-26(16)14-8-12(21)13(30-14)9-29-31(6,7)20(3,4)5/h8-22,25-26,30-32,44H,23-24H2,1-7H3,(H2,41,42,43,46,47);3-17,20-21,25-27,38,40H,18-19H2,1-2H3,(H2,35,36,37,41,42);10-14H,8-9,21H2,1-7H3,(H2,23,24,25,27,28). The normalized spacial score (nSPS) is 19.6. The number of aromatic nitrogens is 12. The maximum atomic E-state index is 13.1. The lowest BCUT2D eigenvalue weighted by Gasteiger charge is -2.41. The topological polar surface area (TPSA) is 394 Å². The van der Waals surface area contributed by atoms with Gasteiger partial charge < -0.3 is 33.9 Å². The summed E-state index contributed by atoms with van der Waals surface area (Å²) in [5.74, 6) is -1.38. The van der Waals surface area contributed by atoms with Crippen molar-refractivity contribution in [2.75, 3.05) is 35.8 Å². The van der Waals surface area contributed by atoms with Crippen molar-refractivity contribution in [3.05, 3.63) is 265 Å². The second-order valence-corrected chi connectivity index (χ2v) is 45.5. The summed E-state index contributed by atoms with van der Waals surface area (Å²) in [5.41, 5.74) is 11.4. The van der Waals surface area contributed by atoms with E-state index in [-0.39, 0.29) is 123 Å². The predicted molar refractivity (Wildman–Crippen MR) is 484 cm³/mol. The van der Waals surface area contributed by atoms with Gasteiger partial charge in [0.05, 0.1) is 68.2 Å². The van der Waals surface area contributed by atoms with Crippen LogP contribution in [0.5, 0.6) is 0 Å². The van der Waals surface area contributed by atoms with Gasteiger partial charge in [-0.25, -0.2) is 15.0 Å². The molecule has 0 spiro atoms. The SMILES string of the molecule is CC(C)C(=O)Nc1nc2c(ncn2C2CC(N)C(CO[Si](C)(C)C(C)(C)C)O2)c(=O)[nH]1.CC(C)C(=O)Nc1nc2c(ncn2C2CC(NC(c3ccccc3)(c3ccccc3)c3ccccc3)C(CO)O2)c(=O)[nH]1.CC(C)C(=O)Nc1nc2c(ncn2C2CC(NC(c3ccccc3)(c3ccccc3)c3ccccc3)C(CO[Si](C)(C)C(C)(C)C)O2)c(=O)[nH]1. The number of hydrogen-bond donors (Lipinski definition) is 10. The van der Waals surface area contributed by atoms with Crippen LogP contribution >= 0.6 is 0 Å². The predicted octanol–water partition coefficient (Wildman–Crippen LogP) is 13.3. The third kappa shape index (κ3) is 19.5. The molecule has 0 radical (unpaired) electrons. The zero-order chi connectivity index (χ0) is 88.8. The number of carbonyl (C=O) groups excluding carboxylic acids is 3. The van der Waals surface area contributed by atoms with Gasteiger partial charge in [-0.05, 0) is 69.6 Å². The largest absolute Gasteiger partial charge is 0.414 e. The van der Waals surface area contributed by atoms with Crippen molar-refractivity contribution in [1.29, 1.82) is 0 Å². The Kier molecular flexibility index (Phi) is 27.6. The van der Waals surface area contributed by atoms with Crippen LogP contribution in [0.1, 0.15) is 154 Å². The average molecular weight is 1720 g/mol. The summed E-state index contributed by atoms with van der Waals surface area (Å²) in [6, 6.07) is 61.4. The lowest BCUT2D eigenvalue weighted by Crippen LogP contribution is -2.54. The van der Waals surface area contributed by atoms with Crippen LogP contribution in [0, 0.1) is 17.8 Å². The molecule has 124 heavy (non-hydrogen) atoms. The summed E-state index contributed by atoms with van der Waals surface area (Å²) in [7, 11) is -4.08. The summed E-state index contributed by atoms with van der Waals surface area (Å²) in [6.07, 6.45) is 3.45. The van der Waals surface area contributed by atoms with E-state index >= 15 is 0 Å². The molecule has 6 aromatic carbocycles. The van der Waals surface area contributed by atoms with Gasteiger partial charge in [0.2, 0.25) is 35.6 Å². The minimum atomic E-state index is -2.15. The number of aliphatic hydroxyl groups is 1. The fourth-order valence-corrected chi connectivity index (χ4v) is 17.1. The first-order valence-electron chi connectivity index (χ1n) is 42.3. The fraction of sp³-hybridized carbons (Fsp3) is 0.413. The number of anilines is 3. The molecule has 9 heterocycles. The van der Waals surface area contributed by atoms with E-state index in [2.05, 4.69) is 248 Å². The third-order valence-corrected chi connectivity index (χ3v) is 33.3. The van der Waals surface area contributed by atoms with Gasteiger partial charge in [0.1, 0.15) is 18.7 Å².